The summed E-state index contributed by atoms with van der Waals surface area (Å²) in [6, 6.07) is 8.02. The fourth-order valence-electron chi connectivity index (χ4n) is 2.03. The van der Waals surface area contributed by atoms with Crippen molar-refractivity contribution < 1.29 is 4.74 Å². The van der Waals surface area contributed by atoms with E-state index in [-0.39, 0.29) is 0 Å². The van der Waals surface area contributed by atoms with Crippen LogP contribution in [-0.2, 0) is 6.54 Å². The fraction of sp³-hybridized carbons (Fsp3) is 0.231. The molecular weight excluding hydrogens is 228 g/mol. The summed E-state index contributed by atoms with van der Waals surface area (Å²) in [5.41, 5.74) is 7.53. The third kappa shape index (κ3) is 2.07. The van der Waals surface area contributed by atoms with Crippen LogP contribution in [0.15, 0.2) is 36.7 Å². The van der Waals surface area contributed by atoms with Crippen molar-refractivity contribution in [2.45, 2.75) is 6.54 Å². The maximum Gasteiger partial charge on any atom is 0.142 e. The van der Waals surface area contributed by atoms with Crippen LogP contribution in [-0.4, -0.2) is 23.1 Å². The first kappa shape index (κ1) is 10.8. The molecule has 0 unspecified atom stereocenters. The van der Waals surface area contributed by atoms with Gasteiger partial charge >= 0.3 is 0 Å². The number of para-hydroxylation sites is 2. The molecule has 1 aliphatic heterocycles. The summed E-state index contributed by atoms with van der Waals surface area (Å²) in [4.78, 5) is 10.6. The highest BCUT2D eigenvalue weighted by molar-refractivity contribution is 5.59. The molecule has 0 fully saturated rings. The number of hydrogen-bond acceptors (Lipinski definition) is 5. The Hall–Kier alpha value is -2.30. The first-order valence-electron chi connectivity index (χ1n) is 5.86. The molecule has 0 atom stereocenters. The number of benzene rings is 1. The molecule has 2 N–H and O–H groups in total. The van der Waals surface area contributed by atoms with Gasteiger partial charge in [0.05, 0.1) is 36.9 Å². The van der Waals surface area contributed by atoms with E-state index >= 15 is 0 Å². The topological polar surface area (TPSA) is 64.3 Å². The van der Waals surface area contributed by atoms with Gasteiger partial charge in [-0.15, -0.1) is 0 Å². The molecule has 1 aliphatic rings. The molecule has 5 nitrogen and oxygen atoms in total. The van der Waals surface area contributed by atoms with Crippen LogP contribution in [0.5, 0.6) is 5.75 Å². The van der Waals surface area contributed by atoms with E-state index in [9.17, 15) is 0 Å². The Balaban J connectivity index is 1.84. The van der Waals surface area contributed by atoms with E-state index in [4.69, 9.17) is 10.5 Å². The van der Waals surface area contributed by atoms with E-state index in [1.807, 2.05) is 18.2 Å². The monoisotopic (exact) mass is 242 g/mol. The number of fused-ring (bicyclic) bond motifs is 1. The molecule has 2 heterocycles. The minimum absolute atomic E-state index is 0.445. The Kier molecular flexibility index (Phi) is 2.72. The van der Waals surface area contributed by atoms with Crippen LogP contribution in [0.2, 0.25) is 0 Å². The Morgan fingerprint density at radius 2 is 2.11 bits per heavy atom. The number of rotatable bonds is 2. The Bertz CT molecular complexity index is 541. The van der Waals surface area contributed by atoms with Crippen molar-refractivity contribution in [3.63, 3.8) is 0 Å². The maximum absolute atomic E-state index is 5.61. The number of nitrogen functional groups attached to an aromatic ring is 1. The summed E-state index contributed by atoms with van der Waals surface area (Å²) >= 11 is 0. The summed E-state index contributed by atoms with van der Waals surface area (Å²) in [6.07, 6.45) is 3.30. The Labute approximate surface area is 105 Å². The number of nitrogens with two attached hydrogens (primary N) is 1. The first-order chi connectivity index (χ1) is 8.83. The number of anilines is 2. The van der Waals surface area contributed by atoms with Crippen LogP contribution < -0.4 is 15.4 Å². The van der Waals surface area contributed by atoms with Gasteiger partial charge in [-0.1, -0.05) is 12.1 Å². The lowest BCUT2D eigenvalue weighted by molar-refractivity contribution is 0.306. The SMILES string of the molecule is Nc1cnc(CN2CCOc3ccccc32)cn1. The summed E-state index contributed by atoms with van der Waals surface area (Å²) in [5, 5.41) is 0. The highest BCUT2D eigenvalue weighted by Crippen LogP contribution is 2.31. The summed E-state index contributed by atoms with van der Waals surface area (Å²) in [5.74, 6) is 1.37. The molecule has 0 aliphatic carbocycles. The third-order valence-electron chi connectivity index (χ3n) is 2.90. The predicted octanol–water partition coefficient (Wildman–Crippen LogP) is 1.46. The number of nitrogens with zero attached hydrogens (tertiary/aromatic N) is 3. The second-order valence-corrected chi connectivity index (χ2v) is 4.17. The molecular formula is C13H14N4O. The molecule has 3 rings (SSSR count). The Morgan fingerprint density at radius 3 is 2.94 bits per heavy atom. The lowest BCUT2D eigenvalue weighted by Crippen LogP contribution is -2.32. The molecule has 0 amide bonds. The van der Waals surface area contributed by atoms with Crippen molar-refractivity contribution in [1.82, 2.24) is 9.97 Å². The van der Waals surface area contributed by atoms with E-state index in [0.717, 1.165) is 23.7 Å². The molecule has 2 aromatic rings. The van der Waals surface area contributed by atoms with Crippen LogP contribution in [0.3, 0.4) is 0 Å². The van der Waals surface area contributed by atoms with Crippen LogP contribution in [0.25, 0.3) is 0 Å². The Morgan fingerprint density at radius 1 is 1.22 bits per heavy atom. The third-order valence-corrected chi connectivity index (χ3v) is 2.90. The van der Waals surface area contributed by atoms with E-state index in [0.29, 0.717) is 19.0 Å². The normalized spacial score (nSPS) is 13.9. The maximum atomic E-state index is 5.61. The van der Waals surface area contributed by atoms with Crippen molar-refractivity contribution >= 4 is 11.5 Å². The summed E-state index contributed by atoms with van der Waals surface area (Å²) < 4.78 is 5.61. The van der Waals surface area contributed by atoms with E-state index in [1.165, 1.54) is 0 Å². The van der Waals surface area contributed by atoms with Gasteiger partial charge in [0.25, 0.3) is 0 Å². The predicted molar refractivity (Wildman–Crippen MR) is 69.4 cm³/mol. The van der Waals surface area contributed by atoms with Crippen molar-refractivity contribution in [1.29, 1.82) is 0 Å². The van der Waals surface area contributed by atoms with Crippen LogP contribution in [0.1, 0.15) is 5.69 Å². The molecule has 0 saturated heterocycles. The molecule has 92 valence electrons. The van der Waals surface area contributed by atoms with Gasteiger partial charge in [-0.3, -0.25) is 4.98 Å². The zero-order chi connectivity index (χ0) is 12.4. The van der Waals surface area contributed by atoms with Gasteiger partial charge in [-0.25, -0.2) is 4.98 Å². The van der Waals surface area contributed by atoms with Crippen molar-refractivity contribution in [2.75, 3.05) is 23.8 Å². The zero-order valence-corrected chi connectivity index (χ0v) is 9.91. The van der Waals surface area contributed by atoms with Gasteiger partial charge in [0.2, 0.25) is 0 Å². The van der Waals surface area contributed by atoms with Gasteiger partial charge in [-0.2, -0.15) is 0 Å². The van der Waals surface area contributed by atoms with Crippen LogP contribution in [0.4, 0.5) is 11.5 Å². The van der Waals surface area contributed by atoms with Crippen LogP contribution in [0, 0.1) is 0 Å². The molecule has 0 spiro atoms. The van der Waals surface area contributed by atoms with E-state index in [2.05, 4.69) is 20.9 Å². The van der Waals surface area contributed by atoms with Crippen LogP contribution >= 0.6 is 0 Å². The van der Waals surface area contributed by atoms with Gasteiger partial charge in [0, 0.05) is 0 Å². The van der Waals surface area contributed by atoms with Gasteiger partial charge in [-0.05, 0) is 12.1 Å². The first-order valence-corrected chi connectivity index (χ1v) is 5.86. The standard InChI is InChI=1S/C13H14N4O/c14-13-8-15-10(7-16-13)9-17-5-6-18-12-4-2-1-3-11(12)17/h1-4,7-8H,5-6,9H2,(H2,14,16). The molecule has 0 radical (unpaired) electrons. The fourth-order valence-corrected chi connectivity index (χ4v) is 2.03. The smallest absolute Gasteiger partial charge is 0.142 e. The molecule has 0 saturated carbocycles. The minimum atomic E-state index is 0.445. The average molecular weight is 242 g/mol. The van der Waals surface area contributed by atoms with Gasteiger partial charge in [0.15, 0.2) is 0 Å². The van der Waals surface area contributed by atoms with Gasteiger partial charge < -0.3 is 15.4 Å². The summed E-state index contributed by atoms with van der Waals surface area (Å²) in [6.45, 7) is 2.26. The molecule has 1 aromatic carbocycles. The number of hydrogen-bond donors (Lipinski definition) is 1. The highest BCUT2D eigenvalue weighted by atomic mass is 16.5. The van der Waals surface area contributed by atoms with Crippen molar-refractivity contribution in [3.05, 3.63) is 42.4 Å². The molecule has 0 bridgehead atoms. The van der Waals surface area contributed by atoms with E-state index in [1.54, 1.807) is 12.4 Å². The number of ether oxygens (including phenoxy) is 1. The van der Waals surface area contributed by atoms with E-state index < -0.39 is 0 Å². The average Bonchev–Trinajstić information content (AvgIpc) is 2.42. The highest BCUT2D eigenvalue weighted by Gasteiger charge is 2.17. The van der Waals surface area contributed by atoms with Crippen molar-refractivity contribution in [3.8, 4) is 5.75 Å². The molecule has 1 aromatic heterocycles. The summed E-state index contributed by atoms with van der Waals surface area (Å²) in [7, 11) is 0. The van der Waals surface area contributed by atoms with Gasteiger partial charge in [0.1, 0.15) is 18.2 Å². The van der Waals surface area contributed by atoms with Crippen molar-refractivity contribution in [2.24, 2.45) is 0 Å². The molecule has 5 heteroatoms. The second kappa shape index (κ2) is 4.52. The lowest BCUT2D eigenvalue weighted by atomic mass is 10.2. The molecule has 18 heavy (non-hydrogen) atoms. The zero-order valence-electron chi connectivity index (χ0n) is 9.91. The quantitative estimate of drug-likeness (QED) is 0.863. The largest absolute Gasteiger partial charge is 0.490 e. The lowest BCUT2D eigenvalue weighted by Gasteiger charge is -2.30. The second-order valence-electron chi connectivity index (χ2n) is 4.17. The number of aromatic nitrogens is 2. The minimum Gasteiger partial charge on any atom is -0.490 e.